The van der Waals surface area contributed by atoms with E-state index in [-0.39, 0.29) is 11.4 Å². The fourth-order valence-corrected chi connectivity index (χ4v) is 2.24. The summed E-state index contributed by atoms with van der Waals surface area (Å²) >= 11 is 5.77. The lowest BCUT2D eigenvalue weighted by molar-refractivity contribution is -0.508. The highest BCUT2D eigenvalue weighted by molar-refractivity contribution is 6.30. The molecule has 6 nitrogen and oxygen atoms in total. The van der Waals surface area contributed by atoms with Gasteiger partial charge in [-0.15, -0.1) is 0 Å². The Morgan fingerprint density at radius 1 is 1.12 bits per heavy atom. The van der Waals surface area contributed by atoms with Crippen molar-refractivity contribution in [3.8, 4) is 0 Å². The summed E-state index contributed by atoms with van der Waals surface area (Å²) in [5.41, 5.74) is 8.65. The molecule has 7 heteroatoms. The highest BCUT2D eigenvalue weighted by Crippen LogP contribution is 2.11. The number of fused-ring (bicyclic) bond motifs is 1. The van der Waals surface area contributed by atoms with Crippen LogP contribution in [0.25, 0.3) is 11.0 Å². The molecule has 3 aromatic rings. The van der Waals surface area contributed by atoms with Crippen LogP contribution in [0.15, 0.2) is 63.8 Å². The highest BCUT2D eigenvalue weighted by atomic mass is 35.5. The zero-order valence-corrected chi connectivity index (χ0v) is 13.1. The lowest BCUT2D eigenvalue weighted by Gasteiger charge is -2.01. The minimum absolute atomic E-state index is 0.0168. The van der Waals surface area contributed by atoms with Gasteiger partial charge in [-0.05, 0) is 36.4 Å². The van der Waals surface area contributed by atoms with E-state index in [0.29, 0.717) is 16.2 Å². The summed E-state index contributed by atoms with van der Waals surface area (Å²) in [5.74, 6) is -0.434. The Hall–Kier alpha value is -3.12. The van der Waals surface area contributed by atoms with Gasteiger partial charge in [0, 0.05) is 16.0 Å². The Labute approximate surface area is 141 Å². The van der Waals surface area contributed by atoms with E-state index >= 15 is 0 Å². The van der Waals surface area contributed by atoms with Gasteiger partial charge in [0.1, 0.15) is 5.58 Å². The van der Waals surface area contributed by atoms with Gasteiger partial charge in [0.05, 0.1) is 0 Å². The third-order valence-electron chi connectivity index (χ3n) is 3.35. The van der Waals surface area contributed by atoms with Crippen molar-refractivity contribution >= 4 is 34.3 Å². The highest BCUT2D eigenvalue weighted by Gasteiger charge is 2.14. The largest absolute Gasteiger partial charge is 0.422 e. The van der Waals surface area contributed by atoms with E-state index in [1.807, 2.05) is 6.07 Å². The van der Waals surface area contributed by atoms with Gasteiger partial charge >= 0.3 is 11.5 Å². The zero-order valence-electron chi connectivity index (χ0n) is 12.4. The standard InChI is InChI=1S/C17H12ClN3O3/c18-12-7-5-10(6-8-12)16(22)21-20-15(19)13-9-11-3-1-2-4-14(11)24-17(13)23/h1-9H,(H2,19,20)(H,21,22)/p+1. The third-order valence-corrected chi connectivity index (χ3v) is 3.60. The van der Waals surface area contributed by atoms with Crippen molar-refractivity contribution in [3.63, 3.8) is 0 Å². The van der Waals surface area contributed by atoms with Crippen LogP contribution in [0.2, 0.25) is 5.02 Å². The van der Waals surface area contributed by atoms with Crippen LogP contribution in [0.4, 0.5) is 0 Å². The molecule has 1 amide bonds. The smallest absolute Gasteiger partial charge is 0.352 e. The minimum atomic E-state index is -0.598. The predicted octanol–water partition coefficient (Wildman–Crippen LogP) is 0.577. The molecule has 0 fully saturated rings. The molecule has 0 saturated carbocycles. The predicted molar refractivity (Wildman–Crippen MR) is 90.7 cm³/mol. The second-order valence-corrected chi connectivity index (χ2v) is 5.42. The van der Waals surface area contributed by atoms with Crippen molar-refractivity contribution < 1.29 is 14.3 Å². The summed E-state index contributed by atoms with van der Waals surface area (Å²) in [5, 5.41) is 3.77. The zero-order chi connectivity index (χ0) is 17.1. The summed E-state index contributed by atoms with van der Waals surface area (Å²) in [4.78, 5) is 24.0. The maximum atomic E-state index is 12.0. The number of para-hydroxylation sites is 1. The second-order valence-electron chi connectivity index (χ2n) is 4.99. The topological polar surface area (TPSA) is 99.3 Å². The molecule has 0 radical (unpaired) electrons. The second kappa shape index (κ2) is 6.55. The van der Waals surface area contributed by atoms with Crippen LogP contribution in [0, 0.1) is 0 Å². The van der Waals surface area contributed by atoms with Gasteiger partial charge in [-0.2, -0.15) is 10.5 Å². The monoisotopic (exact) mass is 342 g/mol. The van der Waals surface area contributed by atoms with E-state index in [1.165, 1.54) is 0 Å². The molecule has 0 unspecified atom stereocenters. The summed E-state index contributed by atoms with van der Waals surface area (Å²) in [6.45, 7) is 0. The van der Waals surface area contributed by atoms with Crippen LogP contribution in [-0.2, 0) is 0 Å². The van der Waals surface area contributed by atoms with Gasteiger partial charge in [-0.1, -0.05) is 29.8 Å². The average molecular weight is 343 g/mol. The molecule has 1 heterocycles. The maximum absolute atomic E-state index is 12.0. The number of benzene rings is 2. The lowest BCUT2D eigenvalue weighted by Crippen LogP contribution is -2.86. The van der Waals surface area contributed by atoms with Crippen LogP contribution in [0.1, 0.15) is 15.9 Å². The van der Waals surface area contributed by atoms with Crippen molar-refractivity contribution in [2.45, 2.75) is 0 Å². The molecule has 24 heavy (non-hydrogen) atoms. The first-order valence-electron chi connectivity index (χ1n) is 7.02. The fourth-order valence-electron chi connectivity index (χ4n) is 2.11. The number of nitrogens with two attached hydrogens (primary N) is 1. The molecule has 0 spiro atoms. The minimum Gasteiger partial charge on any atom is -0.422 e. The van der Waals surface area contributed by atoms with Crippen LogP contribution < -0.4 is 21.9 Å². The number of halogens is 1. The number of hydrazine groups is 1. The van der Waals surface area contributed by atoms with Crippen molar-refractivity contribution in [2.24, 2.45) is 5.73 Å². The summed E-state index contributed by atoms with van der Waals surface area (Å²) in [6.07, 6.45) is 0. The van der Waals surface area contributed by atoms with Crippen molar-refractivity contribution in [1.29, 1.82) is 0 Å². The molecule has 0 aliphatic rings. The van der Waals surface area contributed by atoms with Gasteiger partial charge in [0.2, 0.25) is 0 Å². The van der Waals surface area contributed by atoms with E-state index in [4.69, 9.17) is 21.8 Å². The van der Waals surface area contributed by atoms with Gasteiger partial charge < -0.3 is 4.42 Å². The number of carbonyl (C=O) groups excluding carboxylic acids is 1. The molecular weight excluding hydrogens is 330 g/mol. The number of carbonyl (C=O) groups is 1. The molecule has 2 aromatic carbocycles. The normalized spacial score (nSPS) is 11.5. The van der Waals surface area contributed by atoms with E-state index in [9.17, 15) is 9.59 Å². The summed E-state index contributed by atoms with van der Waals surface area (Å²) in [7, 11) is 0. The van der Waals surface area contributed by atoms with Crippen LogP contribution in [-0.4, -0.2) is 11.7 Å². The first-order chi connectivity index (χ1) is 11.5. The Kier molecular flexibility index (Phi) is 4.31. The Balaban J connectivity index is 1.85. The quantitative estimate of drug-likeness (QED) is 0.280. The van der Waals surface area contributed by atoms with Crippen molar-refractivity contribution in [3.05, 3.63) is 81.2 Å². The summed E-state index contributed by atoms with van der Waals surface area (Å²) in [6, 6.07) is 15.0. The molecule has 3 rings (SSSR count). The third kappa shape index (κ3) is 3.28. The number of amides is 1. The average Bonchev–Trinajstić information content (AvgIpc) is 2.59. The number of hydrogen-bond donors (Lipinski definition) is 3. The van der Waals surface area contributed by atoms with E-state index in [1.54, 1.807) is 48.5 Å². The molecule has 0 atom stereocenters. The van der Waals surface area contributed by atoms with E-state index in [0.717, 1.165) is 5.39 Å². The van der Waals surface area contributed by atoms with Crippen LogP contribution in [0.5, 0.6) is 0 Å². The number of amidine groups is 1. The van der Waals surface area contributed by atoms with Crippen LogP contribution in [0.3, 0.4) is 0 Å². The van der Waals surface area contributed by atoms with Gasteiger partial charge in [-0.3, -0.25) is 10.5 Å². The number of hydrazone groups is 1. The molecule has 0 bridgehead atoms. The SMILES string of the molecule is NC(=[NH+]NC(=O)c1ccc(Cl)cc1)c1cc2ccccc2oc1=O. The fraction of sp³-hybridized carbons (Fsp3) is 0. The first kappa shape index (κ1) is 15.8. The Morgan fingerprint density at radius 3 is 2.58 bits per heavy atom. The van der Waals surface area contributed by atoms with Gasteiger partial charge in [0.15, 0.2) is 5.56 Å². The molecule has 120 valence electrons. The van der Waals surface area contributed by atoms with Crippen molar-refractivity contribution in [1.82, 2.24) is 5.43 Å². The molecule has 4 N–H and O–H groups in total. The number of hydrogen-bond acceptors (Lipinski definition) is 3. The maximum Gasteiger partial charge on any atom is 0.352 e. The van der Waals surface area contributed by atoms with E-state index in [2.05, 4.69) is 10.5 Å². The van der Waals surface area contributed by atoms with E-state index < -0.39 is 11.5 Å². The van der Waals surface area contributed by atoms with Crippen LogP contribution >= 0.6 is 11.6 Å². The van der Waals surface area contributed by atoms with Crippen molar-refractivity contribution in [2.75, 3.05) is 0 Å². The number of rotatable bonds is 3. The summed E-state index contributed by atoms with van der Waals surface area (Å²) < 4.78 is 5.19. The lowest BCUT2D eigenvalue weighted by atomic mass is 10.2. The van der Waals surface area contributed by atoms with Gasteiger partial charge in [0.25, 0.3) is 5.91 Å². The molecule has 0 aliphatic heterocycles. The molecule has 0 saturated heterocycles. The molecule has 1 aromatic heterocycles. The first-order valence-corrected chi connectivity index (χ1v) is 7.40. The molecule has 0 aliphatic carbocycles. The Bertz CT molecular complexity index is 994. The Morgan fingerprint density at radius 2 is 1.83 bits per heavy atom. The molecular formula is C17H13ClN3O3+. The van der Waals surface area contributed by atoms with Gasteiger partial charge in [-0.25, -0.2) is 4.79 Å². The number of nitrogens with one attached hydrogen (secondary N) is 2. The number of nitrogen functional groups attached to an aromatic ring is 1.